The number of carboxylic acid groups (broad SMARTS) is 1. The maximum absolute atomic E-state index is 12.5. The van der Waals surface area contributed by atoms with Gasteiger partial charge in [0.1, 0.15) is 5.75 Å². The number of nitrogens with one attached hydrogen (secondary N) is 1. The first-order chi connectivity index (χ1) is 12.3. The highest BCUT2D eigenvalue weighted by atomic mass is 32.2. The lowest BCUT2D eigenvalue weighted by atomic mass is 9.88. The molecule has 1 atom stereocenters. The van der Waals surface area contributed by atoms with E-state index in [2.05, 4.69) is 5.32 Å². The van der Waals surface area contributed by atoms with Crippen LogP contribution in [0.4, 0.5) is 0 Å². The summed E-state index contributed by atoms with van der Waals surface area (Å²) in [6, 6.07) is 14.9. The van der Waals surface area contributed by atoms with E-state index in [1.54, 1.807) is 38.3 Å². The summed E-state index contributed by atoms with van der Waals surface area (Å²) in [6.45, 7) is 3.71. The average molecular weight is 373 g/mol. The predicted molar refractivity (Wildman–Crippen MR) is 103 cm³/mol. The van der Waals surface area contributed by atoms with Gasteiger partial charge in [-0.3, -0.25) is 9.59 Å². The minimum absolute atomic E-state index is 0.212. The van der Waals surface area contributed by atoms with Gasteiger partial charge in [0.2, 0.25) is 5.91 Å². The van der Waals surface area contributed by atoms with E-state index in [4.69, 9.17) is 4.74 Å². The molecule has 0 fully saturated rings. The number of benzene rings is 2. The van der Waals surface area contributed by atoms with Gasteiger partial charge in [-0.15, -0.1) is 11.8 Å². The second kappa shape index (κ2) is 8.76. The zero-order valence-electron chi connectivity index (χ0n) is 15.1. The molecule has 5 nitrogen and oxygen atoms in total. The Kier molecular flexibility index (Phi) is 6.69. The molecule has 2 rings (SSSR count). The molecule has 2 aromatic rings. The standard InChI is InChI=1S/C20H23NO4S/c1-14-7-4-5-10-17(14)26-13-18(22)21-20(2,12-19(23)24)15-8-6-9-16(11-15)25-3/h4-11H,12-13H2,1-3H3,(H,21,22)(H,23,24). The molecule has 0 radical (unpaired) electrons. The van der Waals surface area contributed by atoms with Crippen molar-refractivity contribution in [1.82, 2.24) is 5.32 Å². The third-order valence-electron chi connectivity index (χ3n) is 4.08. The van der Waals surface area contributed by atoms with Crippen LogP contribution in [0.3, 0.4) is 0 Å². The van der Waals surface area contributed by atoms with Gasteiger partial charge in [0.05, 0.1) is 24.8 Å². The van der Waals surface area contributed by atoms with Gasteiger partial charge >= 0.3 is 5.97 Å². The Morgan fingerprint density at radius 1 is 1.19 bits per heavy atom. The molecule has 26 heavy (non-hydrogen) atoms. The lowest BCUT2D eigenvalue weighted by Gasteiger charge is -2.30. The number of carbonyl (C=O) groups is 2. The van der Waals surface area contributed by atoms with E-state index in [0.29, 0.717) is 11.3 Å². The Morgan fingerprint density at radius 2 is 1.92 bits per heavy atom. The Hall–Kier alpha value is -2.47. The molecule has 1 amide bonds. The number of ether oxygens (including phenoxy) is 1. The van der Waals surface area contributed by atoms with Gasteiger partial charge in [-0.05, 0) is 43.2 Å². The van der Waals surface area contributed by atoms with Crippen LogP contribution in [-0.4, -0.2) is 29.8 Å². The van der Waals surface area contributed by atoms with E-state index in [0.717, 1.165) is 10.5 Å². The number of hydrogen-bond donors (Lipinski definition) is 2. The molecule has 0 spiro atoms. The number of aliphatic carboxylic acids is 1. The van der Waals surface area contributed by atoms with Gasteiger partial charge in [0, 0.05) is 4.90 Å². The summed E-state index contributed by atoms with van der Waals surface area (Å²) in [5.74, 6) is -0.376. The molecular weight excluding hydrogens is 350 g/mol. The molecule has 2 N–H and O–H groups in total. The van der Waals surface area contributed by atoms with Gasteiger partial charge < -0.3 is 15.2 Å². The summed E-state index contributed by atoms with van der Waals surface area (Å²) in [7, 11) is 1.55. The van der Waals surface area contributed by atoms with E-state index in [-0.39, 0.29) is 18.1 Å². The molecular formula is C20H23NO4S. The van der Waals surface area contributed by atoms with Crippen molar-refractivity contribution in [2.24, 2.45) is 0 Å². The number of aryl methyl sites for hydroxylation is 1. The molecule has 0 saturated carbocycles. The zero-order chi connectivity index (χ0) is 19.2. The second-order valence-corrected chi connectivity index (χ2v) is 7.25. The summed E-state index contributed by atoms with van der Waals surface area (Å²) in [5.41, 5.74) is 0.768. The number of hydrogen-bond acceptors (Lipinski definition) is 4. The lowest BCUT2D eigenvalue weighted by Crippen LogP contribution is -2.45. The van der Waals surface area contributed by atoms with Crippen LogP contribution in [0.25, 0.3) is 0 Å². The molecule has 6 heteroatoms. The number of amides is 1. The Balaban J connectivity index is 2.14. The molecule has 0 aliphatic rings. The topological polar surface area (TPSA) is 75.6 Å². The fourth-order valence-electron chi connectivity index (χ4n) is 2.69. The van der Waals surface area contributed by atoms with E-state index in [1.165, 1.54) is 11.8 Å². The van der Waals surface area contributed by atoms with E-state index in [9.17, 15) is 14.7 Å². The van der Waals surface area contributed by atoms with Crippen LogP contribution in [0.5, 0.6) is 5.75 Å². The largest absolute Gasteiger partial charge is 0.497 e. The first-order valence-electron chi connectivity index (χ1n) is 8.20. The van der Waals surface area contributed by atoms with Crippen LogP contribution >= 0.6 is 11.8 Å². The number of carbonyl (C=O) groups excluding carboxylic acids is 1. The molecule has 2 aromatic carbocycles. The number of rotatable bonds is 8. The van der Waals surface area contributed by atoms with Crippen molar-refractivity contribution < 1.29 is 19.4 Å². The number of carboxylic acids is 1. The predicted octanol–water partition coefficient (Wildman–Crippen LogP) is 3.60. The normalized spacial score (nSPS) is 12.9. The summed E-state index contributed by atoms with van der Waals surface area (Å²) < 4.78 is 5.21. The molecule has 0 saturated heterocycles. The van der Waals surface area contributed by atoms with Crippen LogP contribution in [0.2, 0.25) is 0 Å². The second-order valence-electron chi connectivity index (χ2n) is 6.24. The van der Waals surface area contributed by atoms with Crippen molar-refractivity contribution in [1.29, 1.82) is 0 Å². The van der Waals surface area contributed by atoms with Crippen LogP contribution < -0.4 is 10.1 Å². The Labute approximate surface area is 157 Å². The van der Waals surface area contributed by atoms with Gasteiger partial charge in [-0.2, -0.15) is 0 Å². The highest BCUT2D eigenvalue weighted by molar-refractivity contribution is 8.00. The summed E-state index contributed by atoms with van der Waals surface area (Å²) in [6.07, 6.45) is -0.221. The monoisotopic (exact) mass is 373 g/mol. The van der Waals surface area contributed by atoms with Crippen molar-refractivity contribution in [3.05, 3.63) is 59.7 Å². The Morgan fingerprint density at radius 3 is 2.58 bits per heavy atom. The first kappa shape index (κ1) is 19.8. The minimum Gasteiger partial charge on any atom is -0.497 e. The van der Waals surface area contributed by atoms with Crippen molar-refractivity contribution in [2.75, 3.05) is 12.9 Å². The lowest BCUT2D eigenvalue weighted by molar-refractivity contribution is -0.139. The van der Waals surface area contributed by atoms with E-state index in [1.807, 2.05) is 31.2 Å². The average Bonchev–Trinajstić information content (AvgIpc) is 2.60. The number of thioether (sulfide) groups is 1. The molecule has 0 aromatic heterocycles. The quantitative estimate of drug-likeness (QED) is 0.692. The molecule has 138 valence electrons. The fourth-order valence-corrected chi connectivity index (χ4v) is 3.52. The molecule has 0 heterocycles. The van der Waals surface area contributed by atoms with E-state index < -0.39 is 11.5 Å². The highest BCUT2D eigenvalue weighted by Crippen LogP contribution is 2.28. The van der Waals surface area contributed by atoms with E-state index >= 15 is 0 Å². The summed E-state index contributed by atoms with van der Waals surface area (Å²) >= 11 is 1.43. The van der Waals surface area contributed by atoms with Crippen LogP contribution in [0, 0.1) is 6.92 Å². The molecule has 0 aliphatic heterocycles. The van der Waals surface area contributed by atoms with Gasteiger partial charge in [-0.1, -0.05) is 30.3 Å². The van der Waals surface area contributed by atoms with Crippen LogP contribution in [0.15, 0.2) is 53.4 Å². The summed E-state index contributed by atoms with van der Waals surface area (Å²) in [5, 5.41) is 12.2. The highest BCUT2D eigenvalue weighted by Gasteiger charge is 2.31. The van der Waals surface area contributed by atoms with Crippen LogP contribution in [-0.2, 0) is 15.1 Å². The molecule has 1 unspecified atom stereocenters. The zero-order valence-corrected chi connectivity index (χ0v) is 15.9. The Bertz CT molecular complexity index is 793. The van der Waals surface area contributed by atoms with Crippen molar-refractivity contribution in [3.63, 3.8) is 0 Å². The number of methoxy groups -OCH3 is 1. The SMILES string of the molecule is COc1cccc(C(C)(CC(=O)O)NC(=O)CSc2ccccc2C)c1. The maximum atomic E-state index is 12.5. The molecule has 0 bridgehead atoms. The van der Waals surface area contributed by atoms with Crippen LogP contribution in [0.1, 0.15) is 24.5 Å². The van der Waals surface area contributed by atoms with Gasteiger partial charge in [-0.25, -0.2) is 0 Å². The van der Waals surface area contributed by atoms with Crippen molar-refractivity contribution >= 4 is 23.6 Å². The maximum Gasteiger partial charge on any atom is 0.306 e. The van der Waals surface area contributed by atoms with Crippen molar-refractivity contribution in [2.45, 2.75) is 30.7 Å². The fraction of sp³-hybridized carbons (Fsp3) is 0.300. The first-order valence-corrected chi connectivity index (χ1v) is 9.18. The molecule has 0 aliphatic carbocycles. The third kappa shape index (κ3) is 5.26. The van der Waals surface area contributed by atoms with Gasteiger partial charge in [0.15, 0.2) is 0 Å². The van der Waals surface area contributed by atoms with Gasteiger partial charge in [0.25, 0.3) is 0 Å². The minimum atomic E-state index is -1.02. The third-order valence-corrected chi connectivity index (χ3v) is 5.25. The van der Waals surface area contributed by atoms with Crippen molar-refractivity contribution in [3.8, 4) is 5.75 Å². The smallest absolute Gasteiger partial charge is 0.306 e. The summed E-state index contributed by atoms with van der Waals surface area (Å²) in [4.78, 5) is 24.9.